The molecular formula is C10H18FN3. The second kappa shape index (κ2) is 4.98. The van der Waals surface area contributed by atoms with Gasteiger partial charge in [0.1, 0.15) is 5.69 Å². The van der Waals surface area contributed by atoms with Crippen LogP contribution in [0.25, 0.3) is 0 Å². The molecule has 0 aliphatic carbocycles. The Hall–Kier alpha value is -1.06. The first-order valence-corrected chi connectivity index (χ1v) is 5.13. The minimum absolute atomic E-state index is 0.135. The van der Waals surface area contributed by atoms with Crippen LogP contribution in [0, 0.1) is 5.82 Å². The van der Waals surface area contributed by atoms with Crippen molar-refractivity contribution < 1.29 is 4.39 Å². The molecule has 0 fully saturated rings. The van der Waals surface area contributed by atoms with Crippen LogP contribution in [0.4, 0.5) is 10.2 Å². The monoisotopic (exact) mass is 199 g/mol. The molecule has 0 amide bonds. The van der Waals surface area contributed by atoms with Crippen molar-refractivity contribution in [2.45, 2.75) is 39.0 Å². The summed E-state index contributed by atoms with van der Waals surface area (Å²) in [5.41, 5.74) is 5.96. The smallest absolute Gasteiger partial charge is 0.188 e. The average Bonchev–Trinajstić information content (AvgIpc) is 2.41. The SMILES string of the molecule is CCCCCCc1nn(C)c(N)c1F. The molecule has 0 unspecified atom stereocenters. The zero-order valence-electron chi connectivity index (χ0n) is 8.89. The lowest BCUT2D eigenvalue weighted by molar-refractivity contribution is 0.594. The zero-order chi connectivity index (χ0) is 10.6. The maximum atomic E-state index is 13.3. The van der Waals surface area contributed by atoms with E-state index in [-0.39, 0.29) is 11.6 Å². The van der Waals surface area contributed by atoms with Crippen LogP contribution in [0.5, 0.6) is 0 Å². The summed E-state index contributed by atoms with van der Waals surface area (Å²) in [5.74, 6) is -0.209. The van der Waals surface area contributed by atoms with Crippen LogP contribution in [0.1, 0.15) is 38.3 Å². The van der Waals surface area contributed by atoms with Gasteiger partial charge in [0.25, 0.3) is 0 Å². The van der Waals surface area contributed by atoms with E-state index in [2.05, 4.69) is 12.0 Å². The maximum absolute atomic E-state index is 13.3. The lowest BCUT2D eigenvalue weighted by Crippen LogP contribution is -1.98. The topological polar surface area (TPSA) is 43.8 Å². The molecule has 3 nitrogen and oxygen atoms in total. The van der Waals surface area contributed by atoms with Gasteiger partial charge in [-0.2, -0.15) is 5.10 Å². The van der Waals surface area contributed by atoms with E-state index < -0.39 is 0 Å². The summed E-state index contributed by atoms with van der Waals surface area (Å²) in [6.45, 7) is 2.15. The van der Waals surface area contributed by atoms with Crippen molar-refractivity contribution in [3.8, 4) is 0 Å². The van der Waals surface area contributed by atoms with Crippen molar-refractivity contribution in [2.24, 2.45) is 7.05 Å². The number of unbranched alkanes of at least 4 members (excludes halogenated alkanes) is 3. The Labute approximate surface area is 84.1 Å². The third-order valence-corrected chi connectivity index (χ3v) is 2.36. The van der Waals surface area contributed by atoms with Crippen molar-refractivity contribution >= 4 is 5.82 Å². The van der Waals surface area contributed by atoms with Crippen LogP contribution in [0.3, 0.4) is 0 Å². The Kier molecular flexibility index (Phi) is 3.92. The molecule has 1 rings (SSSR count). The van der Waals surface area contributed by atoms with Crippen molar-refractivity contribution in [1.82, 2.24) is 9.78 Å². The van der Waals surface area contributed by atoms with Crippen molar-refractivity contribution in [2.75, 3.05) is 5.73 Å². The number of hydrogen-bond acceptors (Lipinski definition) is 2. The molecule has 0 saturated carbocycles. The number of halogens is 1. The number of nitrogens with zero attached hydrogens (tertiary/aromatic N) is 2. The van der Waals surface area contributed by atoms with Gasteiger partial charge in [0, 0.05) is 7.05 Å². The Morgan fingerprint density at radius 3 is 2.57 bits per heavy atom. The number of anilines is 1. The Bertz CT molecular complexity index is 294. The molecule has 0 saturated heterocycles. The molecule has 0 spiro atoms. The highest BCUT2D eigenvalue weighted by Gasteiger charge is 2.12. The largest absolute Gasteiger partial charge is 0.381 e. The van der Waals surface area contributed by atoms with Crippen molar-refractivity contribution in [3.63, 3.8) is 0 Å². The summed E-state index contributed by atoms with van der Waals surface area (Å²) in [6, 6.07) is 0. The molecule has 4 heteroatoms. The average molecular weight is 199 g/mol. The summed E-state index contributed by atoms with van der Waals surface area (Å²) in [4.78, 5) is 0. The van der Waals surface area contributed by atoms with E-state index in [0.29, 0.717) is 12.1 Å². The summed E-state index contributed by atoms with van der Waals surface area (Å²) in [7, 11) is 1.66. The minimum atomic E-state index is -0.344. The highest BCUT2D eigenvalue weighted by Crippen LogP contribution is 2.15. The van der Waals surface area contributed by atoms with Gasteiger partial charge in [0.15, 0.2) is 11.6 Å². The Morgan fingerprint density at radius 1 is 1.36 bits per heavy atom. The minimum Gasteiger partial charge on any atom is -0.381 e. The van der Waals surface area contributed by atoms with Crippen LogP contribution in [-0.4, -0.2) is 9.78 Å². The van der Waals surface area contributed by atoms with Gasteiger partial charge < -0.3 is 5.73 Å². The zero-order valence-corrected chi connectivity index (χ0v) is 8.89. The van der Waals surface area contributed by atoms with Gasteiger partial charge in [-0.15, -0.1) is 0 Å². The molecule has 1 heterocycles. The fraction of sp³-hybridized carbons (Fsp3) is 0.700. The van der Waals surface area contributed by atoms with Gasteiger partial charge in [0.05, 0.1) is 0 Å². The molecule has 0 aromatic carbocycles. The number of rotatable bonds is 5. The fourth-order valence-electron chi connectivity index (χ4n) is 1.45. The van der Waals surface area contributed by atoms with Gasteiger partial charge in [-0.25, -0.2) is 4.39 Å². The van der Waals surface area contributed by atoms with E-state index >= 15 is 0 Å². The second-order valence-corrected chi connectivity index (χ2v) is 3.58. The standard InChI is InChI=1S/C10H18FN3/c1-3-4-5-6-7-8-9(11)10(12)14(2)13-8/h3-7,12H2,1-2H3. The molecule has 0 aliphatic rings. The second-order valence-electron chi connectivity index (χ2n) is 3.58. The molecule has 1 aromatic rings. The molecule has 14 heavy (non-hydrogen) atoms. The molecular weight excluding hydrogens is 181 g/mol. The van der Waals surface area contributed by atoms with E-state index in [1.807, 2.05) is 0 Å². The van der Waals surface area contributed by atoms with E-state index in [1.54, 1.807) is 7.05 Å². The molecule has 0 aliphatic heterocycles. The first kappa shape index (κ1) is 11.0. The third-order valence-electron chi connectivity index (χ3n) is 2.36. The highest BCUT2D eigenvalue weighted by molar-refractivity contribution is 5.33. The number of hydrogen-bond donors (Lipinski definition) is 1. The lowest BCUT2D eigenvalue weighted by Gasteiger charge is -1.96. The summed E-state index contributed by atoms with van der Waals surface area (Å²) < 4.78 is 14.7. The number of aromatic nitrogens is 2. The van der Waals surface area contributed by atoms with Gasteiger partial charge >= 0.3 is 0 Å². The number of nitrogen functional groups attached to an aromatic ring is 1. The van der Waals surface area contributed by atoms with Gasteiger partial charge in [-0.1, -0.05) is 26.2 Å². The third kappa shape index (κ3) is 2.47. The summed E-state index contributed by atoms with van der Waals surface area (Å²) in [6.07, 6.45) is 5.20. The lowest BCUT2D eigenvalue weighted by atomic mass is 10.1. The molecule has 80 valence electrons. The summed E-state index contributed by atoms with van der Waals surface area (Å²) in [5, 5.41) is 4.02. The first-order valence-electron chi connectivity index (χ1n) is 5.13. The first-order chi connectivity index (χ1) is 6.66. The molecule has 2 N–H and O–H groups in total. The van der Waals surface area contributed by atoms with Crippen molar-refractivity contribution in [3.05, 3.63) is 11.5 Å². The van der Waals surface area contributed by atoms with E-state index in [4.69, 9.17) is 5.73 Å². The number of aryl methyl sites for hydroxylation is 2. The van der Waals surface area contributed by atoms with Gasteiger partial charge in [0.2, 0.25) is 0 Å². The molecule has 0 radical (unpaired) electrons. The predicted octanol–water partition coefficient (Wildman–Crippen LogP) is 2.26. The normalized spacial score (nSPS) is 10.8. The Balaban J connectivity index is 2.47. The van der Waals surface area contributed by atoms with Gasteiger partial charge in [-0.05, 0) is 12.8 Å². The van der Waals surface area contributed by atoms with E-state index in [1.165, 1.54) is 17.5 Å². The van der Waals surface area contributed by atoms with Crippen LogP contribution >= 0.6 is 0 Å². The van der Waals surface area contributed by atoms with Gasteiger partial charge in [-0.3, -0.25) is 4.68 Å². The van der Waals surface area contributed by atoms with Crippen LogP contribution in [0.15, 0.2) is 0 Å². The van der Waals surface area contributed by atoms with Crippen LogP contribution in [-0.2, 0) is 13.5 Å². The van der Waals surface area contributed by atoms with E-state index in [9.17, 15) is 4.39 Å². The fourth-order valence-corrected chi connectivity index (χ4v) is 1.45. The molecule has 0 atom stereocenters. The molecule has 1 aromatic heterocycles. The molecule has 0 bridgehead atoms. The number of nitrogens with two attached hydrogens (primary N) is 1. The quantitative estimate of drug-likeness (QED) is 0.739. The van der Waals surface area contributed by atoms with Crippen LogP contribution in [0.2, 0.25) is 0 Å². The van der Waals surface area contributed by atoms with Crippen molar-refractivity contribution in [1.29, 1.82) is 0 Å². The maximum Gasteiger partial charge on any atom is 0.188 e. The predicted molar refractivity (Wildman–Crippen MR) is 55.4 cm³/mol. The highest BCUT2D eigenvalue weighted by atomic mass is 19.1. The van der Waals surface area contributed by atoms with E-state index in [0.717, 1.165) is 12.8 Å². The summed E-state index contributed by atoms with van der Waals surface area (Å²) >= 11 is 0. The Morgan fingerprint density at radius 2 is 2.07 bits per heavy atom. The van der Waals surface area contributed by atoms with Crippen LogP contribution < -0.4 is 5.73 Å².